The number of carbonyl (C=O) groups excluding carboxylic acids is 1. The summed E-state index contributed by atoms with van der Waals surface area (Å²) in [5, 5.41) is 2.48. The van der Waals surface area contributed by atoms with E-state index in [9.17, 15) is 18.0 Å². The van der Waals surface area contributed by atoms with Crippen molar-refractivity contribution in [1.82, 2.24) is 15.0 Å². The Balaban J connectivity index is 1.79. The number of para-hydroxylation sites is 2. The number of imidazole rings is 1. The predicted octanol–water partition coefficient (Wildman–Crippen LogP) is 3.23. The van der Waals surface area contributed by atoms with Gasteiger partial charge >= 0.3 is 6.18 Å². The molecular formula is C14H9F3N4O. The third-order valence-corrected chi connectivity index (χ3v) is 2.94. The molecule has 112 valence electrons. The summed E-state index contributed by atoms with van der Waals surface area (Å²) in [5.74, 6) is -0.383. The first-order chi connectivity index (χ1) is 10.4. The van der Waals surface area contributed by atoms with Crippen LogP contribution in [0.4, 0.5) is 19.1 Å². The lowest BCUT2D eigenvalue weighted by molar-refractivity contribution is -0.141. The summed E-state index contributed by atoms with van der Waals surface area (Å²) in [6, 6.07) is 8.99. The van der Waals surface area contributed by atoms with Crippen LogP contribution in [0.3, 0.4) is 0 Å². The molecule has 0 radical (unpaired) electrons. The van der Waals surface area contributed by atoms with Crippen molar-refractivity contribution in [3.63, 3.8) is 0 Å². The van der Waals surface area contributed by atoms with Gasteiger partial charge in [-0.05, 0) is 24.3 Å². The van der Waals surface area contributed by atoms with E-state index in [-0.39, 0.29) is 11.5 Å². The van der Waals surface area contributed by atoms with Crippen LogP contribution in [0.2, 0.25) is 0 Å². The lowest BCUT2D eigenvalue weighted by Gasteiger charge is -2.06. The largest absolute Gasteiger partial charge is 0.433 e. The molecule has 3 aromatic rings. The van der Waals surface area contributed by atoms with Crippen LogP contribution in [0.1, 0.15) is 16.1 Å². The first-order valence-corrected chi connectivity index (χ1v) is 6.23. The summed E-state index contributed by atoms with van der Waals surface area (Å²) in [7, 11) is 0. The van der Waals surface area contributed by atoms with Crippen molar-refractivity contribution in [2.75, 3.05) is 5.32 Å². The summed E-state index contributed by atoms with van der Waals surface area (Å²) in [6.45, 7) is 0. The van der Waals surface area contributed by atoms with Gasteiger partial charge in [-0.3, -0.25) is 15.1 Å². The van der Waals surface area contributed by atoms with Crippen molar-refractivity contribution in [1.29, 1.82) is 0 Å². The Morgan fingerprint density at radius 3 is 2.55 bits per heavy atom. The highest BCUT2D eigenvalue weighted by Gasteiger charge is 2.32. The highest BCUT2D eigenvalue weighted by atomic mass is 19.4. The fraction of sp³-hybridized carbons (Fsp3) is 0.0714. The van der Waals surface area contributed by atoms with E-state index in [2.05, 4.69) is 20.3 Å². The molecule has 0 fully saturated rings. The van der Waals surface area contributed by atoms with Gasteiger partial charge in [-0.2, -0.15) is 13.2 Å². The number of hydrogen-bond acceptors (Lipinski definition) is 3. The maximum atomic E-state index is 12.4. The number of nitrogens with zero attached hydrogens (tertiary/aromatic N) is 2. The highest BCUT2D eigenvalue weighted by Crippen LogP contribution is 2.27. The zero-order chi connectivity index (χ0) is 15.7. The summed E-state index contributed by atoms with van der Waals surface area (Å²) < 4.78 is 37.2. The maximum Gasteiger partial charge on any atom is 0.433 e. The van der Waals surface area contributed by atoms with Crippen LogP contribution in [-0.2, 0) is 6.18 Å². The molecule has 0 unspecified atom stereocenters. The van der Waals surface area contributed by atoms with Gasteiger partial charge in [0.25, 0.3) is 5.91 Å². The monoisotopic (exact) mass is 306 g/mol. The molecule has 1 aromatic carbocycles. The molecule has 2 heterocycles. The number of pyridine rings is 1. The molecule has 0 aliphatic rings. The van der Waals surface area contributed by atoms with E-state index in [1.807, 2.05) is 6.07 Å². The van der Waals surface area contributed by atoms with Crippen LogP contribution < -0.4 is 5.32 Å². The van der Waals surface area contributed by atoms with E-state index in [1.54, 1.807) is 18.2 Å². The van der Waals surface area contributed by atoms with Gasteiger partial charge in [0.15, 0.2) is 0 Å². The number of benzene rings is 1. The fourth-order valence-corrected chi connectivity index (χ4v) is 1.89. The number of amides is 1. The molecule has 22 heavy (non-hydrogen) atoms. The lowest BCUT2D eigenvalue weighted by Crippen LogP contribution is -2.15. The number of nitrogens with one attached hydrogen (secondary N) is 2. The number of aromatic nitrogens is 3. The minimum atomic E-state index is -4.53. The van der Waals surface area contributed by atoms with Gasteiger partial charge in [0.2, 0.25) is 5.95 Å². The number of carbonyl (C=O) groups is 1. The number of fused-ring (bicyclic) bond motifs is 1. The van der Waals surface area contributed by atoms with Crippen LogP contribution in [0.5, 0.6) is 0 Å². The molecule has 0 bridgehead atoms. The van der Waals surface area contributed by atoms with E-state index in [1.165, 1.54) is 0 Å². The summed E-state index contributed by atoms with van der Waals surface area (Å²) in [5.41, 5.74) is 0.368. The molecular weight excluding hydrogens is 297 g/mol. The van der Waals surface area contributed by atoms with Crippen molar-refractivity contribution in [3.8, 4) is 0 Å². The van der Waals surface area contributed by atoms with Crippen LogP contribution in [0.15, 0.2) is 42.6 Å². The quantitative estimate of drug-likeness (QED) is 0.763. The minimum absolute atomic E-state index is 0.00783. The molecule has 0 atom stereocenters. The Hall–Kier alpha value is -2.90. The number of hydrogen-bond donors (Lipinski definition) is 2. The third-order valence-electron chi connectivity index (χ3n) is 2.94. The van der Waals surface area contributed by atoms with E-state index in [0.29, 0.717) is 5.52 Å². The smallest absolute Gasteiger partial charge is 0.324 e. The number of halogens is 3. The van der Waals surface area contributed by atoms with Crippen LogP contribution >= 0.6 is 0 Å². The summed E-state index contributed by atoms with van der Waals surface area (Å²) in [6.07, 6.45) is -3.66. The zero-order valence-electron chi connectivity index (χ0n) is 11.0. The second-order valence-corrected chi connectivity index (χ2v) is 4.49. The molecule has 0 aliphatic heterocycles. The second kappa shape index (κ2) is 5.14. The SMILES string of the molecule is O=C(Nc1nc2ccccc2[nH]1)c1ccc(C(F)(F)F)nc1. The fourth-order valence-electron chi connectivity index (χ4n) is 1.89. The van der Waals surface area contributed by atoms with E-state index in [0.717, 1.165) is 23.8 Å². The van der Waals surface area contributed by atoms with Crippen molar-refractivity contribution in [2.24, 2.45) is 0 Å². The average Bonchev–Trinajstić information content (AvgIpc) is 2.88. The van der Waals surface area contributed by atoms with Crippen LogP contribution in [0.25, 0.3) is 11.0 Å². The molecule has 0 saturated carbocycles. The number of anilines is 1. The topological polar surface area (TPSA) is 70.7 Å². The Morgan fingerprint density at radius 2 is 1.91 bits per heavy atom. The first-order valence-electron chi connectivity index (χ1n) is 6.23. The summed E-state index contributed by atoms with van der Waals surface area (Å²) in [4.78, 5) is 22.2. The van der Waals surface area contributed by atoms with Crippen molar-refractivity contribution < 1.29 is 18.0 Å². The highest BCUT2D eigenvalue weighted by molar-refractivity contribution is 6.03. The van der Waals surface area contributed by atoms with E-state index in [4.69, 9.17) is 0 Å². The molecule has 1 amide bonds. The predicted molar refractivity (Wildman–Crippen MR) is 73.3 cm³/mol. The normalized spacial score (nSPS) is 11.6. The van der Waals surface area contributed by atoms with Crippen molar-refractivity contribution >= 4 is 22.9 Å². The first kappa shape index (κ1) is 14.1. The average molecular weight is 306 g/mol. The number of H-pyrrole nitrogens is 1. The van der Waals surface area contributed by atoms with Crippen LogP contribution in [0, 0.1) is 0 Å². The molecule has 0 spiro atoms. The van der Waals surface area contributed by atoms with Gasteiger partial charge in [0, 0.05) is 6.20 Å². The van der Waals surface area contributed by atoms with Gasteiger partial charge in [0.1, 0.15) is 5.69 Å². The molecule has 0 aliphatic carbocycles. The Bertz CT molecular complexity index is 791. The lowest BCUT2D eigenvalue weighted by atomic mass is 10.2. The van der Waals surface area contributed by atoms with Gasteiger partial charge in [0.05, 0.1) is 16.6 Å². The third kappa shape index (κ3) is 2.76. The van der Waals surface area contributed by atoms with Gasteiger partial charge in [-0.25, -0.2) is 4.98 Å². The number of aromatic amines is 1. The molecule has 2 aromatic heterocycles. The van der Waals surface area contributed by atoms with Crippen LogP contribution in [-0.4, -0.2) is 20.9 Å². The molecule has 8 heteroatoms. The number of alkyl halides is 3. The molecule has 5 nitrogen and oxygen atoms in total. The Kier molecular flexibility index (Phi) is 3.28. The number of rotatable bonds is 2. The molecule has 3 rings (SSSR count). The zero-order valence-corrected chi connectivity index (χ0v) is 11.0. The summed E-state index contributed by atoms with van der Waals surface area (Å²) >= 11 is 0. The van der Waals surface area contributed by atoms with E-state index < -0.39 is 17.8 Å². The van der Waals surface area contributed by atoms with Crippen molar-refractivity contribution in [2.45, 2.75) is 6.18 Å². The standard InChI is InChI=1S/C14H9F3N4O/c15-14(16,17)11-6-5-8(7-18-11)12(22)21-13-19-9-3-1-2-4-10(9)20-13/h1-7H,(H2,19,20,21,22). The molecule has 0 saturated heterocycles. The van der Waals surface area contributed by atoms with Gasteiger partial charge in [-0.15, -0.1) is 0 Å². The van der Waals surface area contributed by atoms with E-state index >= 15 is 0 Å². The Labute approximate surface area is 122 Å². The molecule has 2 N–H and O–H groups in total. The Morgan fingerprint density at radius 1 is 1.14 bits per heavy atom. The maximum absolute atomic E-state index is 12.4. The van der Waals surface area contributed by atoms with Gasteiger partial charge < -0.3 is 4.98 Å². The van der Waals surface area contributed by atoms with Crippen molar-refractivity contribution in [3.05, 3.63) is 53.9 Å². The second-order valence-electron chi connectivity index (χ2n) is 4.49. The minimum Gasteiger partial charge on any atom is -0.324 e. The van der Waals surface area contributed by atoms with Gasteiger partial charge in [-0.1, -0.05) is 12.1 Å².